The van der Waals surface area contributed by atoms with Gasteiger partial charge in [-0.05, 0) is 67.3 Å². The van der Waals surface area contributed by atoms with Crippen molar-refractivity contribution >= 4 is 23.5 Å². The van der Waals surface area contributed by atoms with Gasteiger partial charge in [0.15, 0.2) is 5.60 Å². The molecule has 38 heavy (non-hydrogen) atoms. The normalized spacial score (nSPS) is 11.6. The van der Waals surface area contributed by atoms with Gasteiger partial charge >= 0.3 is 12.1 Å². The number of halogens is 4. The Hall–Kier alpha value is -3.72. The second kappa shape index (κ2) is 12.2. The summed E-state index contributed by atoms with van der Waals surface area (Å²) in [5.41, 5.74) is 1.55. The zero-order valence-corrected chi connectivity index (χ0v) is 21.5. The van der Waals surface area contributed by atoms with Crippen LogP contribution in [0.4, 0.5) is 13.2 Å². The molecule has 0 atom stereocenters. The molecule has 0 spiro atoms. The lowest BCUT2D eigenvalue weighted by atomic mass is 10.0. The summed E-state index contributed by atoms with van der Waals surface area (Å²) < 4.78 is 48.0. The second-order valence-corrected chi connectivity index (χ2v) is 9.44. The number of carbonyl (C=O) groups is 2. The molecule has 0 radical (unpaired) electrons. The molecule has 6 nitrogen and oxygen atoms in total. The van der Waals surface area contributed by atoms with Crippen molar-refractivity contribution in [2.75, 3.05) is 13.2 Å². The van der Waals surface area contributed by atoms with E-state index in [-0.39, 0.29) is 22.9 Å². The first-order valence-electron chi connectivity index (χ1n) is 11.7. The predicted octanol–water partition coefficient (Wildman–Crippen LogP) is 6.55. The molecule has 10 heteroatoms. The van der Waals surface area contributed by atoms with Crippen molar-refractivity contribution in [2.45, 2.75) is 38.5 Å². The predicted molar refractivity (Wildman–Crippen MR) is 138 cm³/mol. The van der Waals surface area contributed by atoms with Crippen LogP contribution in [0.5, 0.6) is 11.5 Å². The van der Waals surface area contributed by atoms with Gasteiger partial charge in [0.2, 0.25) is 0 Å². The van der Waals surface area contributed by atoms with Crippen molar-refractivity contribution in [2.24, 2.45) is 0 Å². The van der Waals surface area contributed by atoms with E-state index >= 15 is 0 Å². The maximum atomic E-state index is 12.6. The number of hydrogen-bond acceptors (Lipinski definition) is 4. The topological polar surface area (TPSA) is 84.9 Å². The maximum absolute atomic E-state index is 12.6. The first-order valence-corrected chi connectivity index (χ1v) is 12.1. The molecule has 0 saturated heterocycles. The summed E-state index contributed by atoms with van der Waals surface area (Å²) in [7, 11) is 0. The first-order chi connectivity index (χ1) is 17.8. The summed E-state index contributed by atoms with van der Waals surface area (Å²) in [6.45, 7) is 2.64. The van der Waals surface area contributed by atoms with Gasteiger partial charge in [0.05, 0.1) is 18.6 Å². The molecular weight excluding hydrogens is 523 g/mol. The van der Waals surface area contributed by atoms with Crippen LogP contribution in [0, 0.1) is 0 Å². The van der Waals surface area contributed by atoms with Crippen LogP contribution >= 0.6 is 11.6 Å². The summed E-state index contributed by atoms with van der Waals surface area (Å²) in [5.74, 6) is -1.08. The number of carbonyl (C=O) groups excluding carboxylic acids is 1. The van der Waals surface area contributed by atoms with Crippen molar-refractivity contribution in [3.63, 3.8) is 0 Å². The van der Waals surface area contributed by atoms with Crippen LogP contribution in [0.3, 0.4) is 0 Å². The molecule has 0 aliphatic rings. The molecule has 3 aromatic rings. The van der Waals surface area contributed by atoms with E-state index in [0.717, 1.165) is 16.7 Å². The minimum absolute atomic E-state index is 0.0310. The first kappa shape index (κ1) is 28.8. The Morgan fingerprint density at radius 3 is 2.13 bits per heavy atom. The van der Waals surface area contributed by atoms with Gasteiger partial charge < -0.3 is 19.9 Å². The minimum Gasteiger partial charge on any atom is -0.492 e. The fourth-order valence-electron chi connectivity index (χ4n) is 3.42. The number of amides is 1. The van der Waals surface area contributed by atoms with Gasteiger partial charge in [-0.25, -0.2) is 4.79 Å². The molecule has 2 N–H and O–H groups in total. The standard InChI is InChI=1S/C28H27ClF3NO5/c1-27(2,26(35)36)38-22-10-7-20(8-11-22)19-5-3-18(4-6-19)13-15-33-25(34)23-17-21(29)9-12-24(23)37-16-14-28(30,31)32/h3-12,17H,13-16H2,1-2H3,(H,33,34)(H,35,36). The van der Waals surface area contributed by atoms with E-state index in [1.165, 1.54) is 32.0 Å². The molecule has 3 rings (SSSR count). The van der Waals surface area contributed by atoms with Crippen LogP contribution in [0.25, 0.3) is 11.1 Å². The van der Waals surface area contributed by atoms with E-state index in [4.69, 9.17) is 21.1 Å². The van der Waals surface area contributed by atoms with Gasteiger partial charge in [0.25, 0.3) is 5.91 Å². The Labute approximate surface area is 223 Å². The van der Waals surface area contributed by atoms with E-state index in [9.17, 15) is 27.9 Å². The van der Waals surface area contributed by atoms with Gasteiger partial charge in [-0.1, -0.05) is 48.0 Å². The second-order valence-electron chi connectivity index (χ2n) is 9.00. The van der Waals surface area contributed by atoms with Crippen molar-refractivity contribution in [3.8, 4) is 22.6 Å². The molecule has 0 bridgehead atoms. The number of carboxylic acids is 1. The van der Waals surface area contributed by atoms with Crippen LogP contribution in [0.15, 0.2) is 66.7 Å². The zero-order valence-electron chi connectivity index (χ0n) is 20.8. The molecule has 202 valence electrons. The quantitative estimate of drug-likeness (QED) is 0.283. The van der Waals surface area contributed by atoms with Gasteiger partial charge in [0, 0.05) is 11.6 Å². The third-order valence-corrected chi connectivity index (χ3v) is 5.79. The highest BCUT2D eigenvalue weighted by molar-refractivity contribution is 6.31. The van der Waals surface area contributed by atoms with E-state index in [1.54, 1.807) is 12.1 Å². The van der Waals surface area contributed by atoms with Gasteiger partial charge in [-0.15, -0.1) is 0 Å². The Morgan fingerprint density at radius 1 is 0.947 bits per heavy atom. The SMILES string of the molecule is CC(C)(Oc1ccc(-c2ccc(CCNC(=O)c3cc(Cl)ccc3OCCC(F)(F)F)cc2)cc1)C(=O)O. The van der Waals surface area contributed by atoms with E-state index in [1.807, 2.05) is 36.4 Å². The highest BCUT2D eigenvalue weighted by Crippen LogP contribution is 2.27. The molecule has 3 aromatic carbocycles. The molecule has 1 amide bonds. The fraction of sp³-hybridized carbons (Fsp3) is 0.286. The number of hydrogen-bond donors (Lipinski definition) is 2. The lowest BCUT2D eigenvalue weighted by Crippen LogP contribution is -2.37. The summed E-state index contributed by atoms with van der Waals surface area (Å²) in [6.07, 6.45) is -4.97. The van der Waals surface area contributed by atoms with Crippen LogP contribution in [0.2, 0.25) is 5.02 Å². The number of ether oxygens (including phenoxy) is 2. The average Bonchev–Trinajstić information content (AvgIpc) is 2.85. The zero-order chi connectivity index (χ0) is 27.9. The number of nitrogens with one attached hydrogen (secondary N) is 1. The van der Waals surface area contributed by atoms with E-state index < -0.39 is 36.7 Å². The molecular formula is C28H27ClF3NO5. The Balaban J connectivity index is 1.55. The Kier molecular flexibility index (Phi) is 9.27. The summed E-state index contributed by atoms with van der Waals surface area (Å²) in [5, 5.41) is 12.2. The average molecular weight is 550 g/mol. The van der Waals surface area contributed by atoms with Crippen LogP contribution in [-0.4, -0.2) is 41.9 Å². The summed E-state index contributed by atoms with van der Waals surface area (Å²) in [6, 6.07) is 19.0. The van der Waals surface area contributed by atoms with Gasteiger partial charge in [0.1, 0.15) is 11.5 Å². The highest BCUT2D eigenvalue weighted by atomic mass is 35.5. The van der Waals surface area contributed by atoms with Crippen molar-refractivity contribution in [1.82, 2.24) is 5.32 Å². The van der Waals surface area contributed by atoms with Crippen LogP contribution in [-0.2, 0) is 11.2 Å². The van der Waals surface area contributed by atoms with Gasteiger partial charge in [-0.2, -0.15) is 13.2 Å². The minimum atomic E-state index is -4.36. The smallest absolute Gasteiger partial charge is 0.392 e. The van der Waals surface area contributed by atoms with Crippen molar-refractivity contribution < 1.29 is 37.3 Å². The Morgan fingerprint density at radius 2 is 1.55 bits per heavy atom. The van der Waals surface area contributed by atoms with Crippen LogP contribution < -0.4 is 14.8 Å². The summed E-state index contributed by atoms with van der Waals surface area (Å²) in [4.78, 5) is 23.9. The van der Waals surface area contributed by atoms with Crippen LogP contribution in [0.1, 0.15) is 36.2 Å². The summed E-state index contributed by atoms with van der Waals surface area (Å²) >= 11 is 5.97. The van der Waals surface area contributed by atoms with Gasteiger partial charge in [-0.3, -0.25) is 4.79 Å². The lowest BCUT2D eigenvalue weighted by molar-refractivity contribution is -0.152. The van der Waals surface area contributed by atoms with Crippen molar-refractivity contribution in [1.29, 1.82) is 0 Å². The third-order valence-electron chi connectivity index (χ3n) is 5.56. The highest BCUT2D eigenvalue weighted by Gasteiger charge is 2.29. The number of rotatable bonds is 11. The molecule has 0 aliphatic carbocycles. The van der Waals surface area contributed by atoms with E-state index in [0.29, 0.717) is 12.2 Å². The molecule has 0 aromatic heterocycles. The molecule has 0 unspecified atom stereocenters. The van der Waals surface area contributed by atoms with E-state index in [2.05, 4.69) is 5.32 Å². The molecule has 0 fully saturated rings. The largest absolute Gasteiger partial charge is 0.492 e. The number of aliphatic carboxylic acids is 1. The number of carboxylic acid groups (broad SMARTS) is 1. The molecule has 0 aliphatic heterocycles. The van der Waals surface area contributed by atoms with Crippen molar-refractivity contribution in [3.05, 3.63) is 82.9 Å². The Bertz CT molecular complexity index is 1260. The fourth-order valence-corrected chi connectivity index (χ4v) is 3.59. The molecule has 0 saturated carbocycles. The third kappa shape index (κ3) is 8.41. The lowest BCUT2D eigenvalue weighted by Gasteiger charge is -2.21. The molecule has 0 heterocycles. The maximum Gasteiger partial charge on any atom is 0.392 e. The monoisotopic (exact) mass is 549 g/mol. The number of alkyl halides is 3. The number of benzene rings is 3.